The molecule has 0 aliphatic heterocycles. The first-order chi connectivity index (χ1) is 10.5. The standard InChI is InChI=1S/C16H13ClF2N2O.ClH/c17-11-7-8(1-4-12(11)18)21-16(22)10-2-5-13(19)15-9(10)3-6-14(15)20;/h1-2,4-5,7,14H,3,6,20H2,(H,21,22);1H. The molecule has 0 bridgehead atoms. The predicted octanol–water partition coefficient (Wildman–Crippen LogP) is 4.24. The first-order valence-corrected chi connectivity index (χ1v) is 7.18. The summed E-state index contributed by atoms with van der Waals surface area (Å²) in [7, 11) is 0. The molecule has 1 aliphatic carbocycles. The summed E-state index contributed by atoms with van der Waals surface area (Å²) in [4.78, 5) is 12.4. The van der Waals surface area contributed by atoms with Gasteiger partial charge < -0.3 is 11.1 Å². The Balaban J connectivity index is 0.00000192. The van der Waals surface area contributed by atoms with Crippen molar-refractivity contribution in [3.05, 3.63) is 63.7 Å². The van der Waals surface area contributed by atoms with Crippen LogP contribution in [0.4, 0.5) is 14.5 Å². The summed E-state index contributed by atoms with van der Waals surface area (Å²) in [6, 6.07) is 6.20. The number of nitrogens with two attached hydrogens (primary N) is 1. The normalized spacial score (nSPS) is 15.7. The quantitative estimate of drug-likeness (QED) is 0.843. The van der Waals surface area contributed by atoms with Crippen LogP contribution in [-0.2, 0) is 6.42 Å². The summed E-state index contributed by atoms with van der Waals surface area (Å²) in [5.74, 6) is -1.34. The number of hydrogen-bond donors (Lipinski definition) is 2. The van der Waals surface area contributed by atoms with Crippen LogP contribution in [0.2, 0.25) is 5.02 Å². The van der Waals surface area contributed by atoms with Gasteiger partial charge in [0.25, 0.3) is 5.91 Å². The minimum absolute atomic E-state index is 0. The highest BCUT2D eigenvalue weighted by atomic mass is 35.5. The molecule has 1 amide bonds. The fourth-order valence-corrected chi connectivity index (χ4v) is 2.92. The van der Waals surface area contributed by atoms with Gasteiger partial charge in [-0.05, 0) is 48.7 Å². The van der Waals surface area contributed by atoms with Gasteiger partial charge in [0, 0.05) is 22.9 Å². The molecule has 0 radical (unpaired) electrons. The number of hydrogen-bond acceptors (Lipinski definition) is 2. The van der Waals surface area contributed by atoms with Crippen molar-refractivity contribution in [3.8, 4) is 0 Å². The molecule has 23 heavy (non-hydrogen) atoms. The van der Waals surface area contributed by atoms with Crippen LogP contribution in [-0.4, -0.2) is 5.91 Å². The van der Waals surface area contributed by atoms with Crippen LogP contribution < -0.4 is 11.1 Å². The Morgan fingerprint density at radius 1 is 1.22 bits per heavy atom. The van der Waals surface area contributed by atoms with E-state index in [2.05, 4.69) is 5.32 Å². The average molecular weight is 359 g/mol. The lowest BCUT2D eigenvalue weighted by Crippen LogP contribution is -2.15. The van der Waals surface area contributed by atoms with E-state index in [9.17, 15) is 13.6 Å². The van der Waals surface area contributed by atoms with Gasteiger partial charge in [0.2, 0.25) is 0 Å². The highest BCUT2D eigenvalue weighted by Gasteiger charge is 2.27. The number of halogens is 4. The van der Waals surface area contributed by atoms with E-state index in [-0.39, 0.29) is 29.3 Å². The van der Waals surface area contributed by atoms with Crippen molar-refractivity contribution in [1.29, 1.82) is 0 Å². The van der Waals surface area contributed by atoms with E-state index in [1.807, 2.05) is 0 Å². The van der Waals surface area contributed by atoms with Crippen molar-refractivity contribution >= 4 is 35.6 Å². The molecule has 1 unspecified atom stereocenters. The highest BCUT2D eigenvalue weighted by molar-refractivity contribution is 6.31. The van der Waals surface area contributed by atoms with E-state index in [1.54, 1.807) is 0 Å². The molecule has 122 valence electrons. The Labute approximate surface area is 143 Å². The van der Waals surface area contributed by atoms with Gasteiger partial charge in [-0.1, -0.05) is 11.6 Å². The van der Waals surface area contributed by atoms with E-state index >= 15 is 0 Å². The Bertz CT molecular complexity index is 768. The van der Waals surface area contributed by atoms with E-state index in [1.165, 1.54) is 30.3 Å². The number of amides is 1. The van der Waals surface area contributed by atoms with Gasteiger partial charge >= 0.3 is 0 Å². The first-order valence-electron chi connectivity index (χ1n) is 6.80. The zero-order valence-electron chi connectivity index (χ0n) is 11.9. The van der Waals surface area contributed by atoms with Crippen molar-refractivity contribution in [2.45, 2.75) is 18.9 Å². The van der Waals surface area contributed by atoms with Crippen molar-refractivity contribution in [2.75, 3.05) is 5.32 Å². The minimum Gasteiger partial charge on any atom is -0.324 e. The Morgan fingerprint density at radius 3 is 2.61 bits per heavy atom. The van der Waals surface area contributed by atoms with E-state index in [0.29, 0.717) is 35.2 Å². The summed E-state index contributed by atoms with van der Waals surface area (Å²) in [5, 5.41) is 2.56. The van der Waals surface area contributed by atoms with Crippen molar-refractivity contribution in [3.63, 3.8) is 0 Å². The second kappa shape index (κ2) is 6.83. The molecule has 1 atom stereocenters. The number of carbonyl (C=O) groups excluding carboxylic acids is 1. The van der Waals surface area contributed by atoms with Gasteiger partial charge in [-0.3, -0.25) is 4.79 Å². The third-order valence-electron chi connectivity index (χ3n) is 3.80. The fraction of sp³-hybridized carbons (Fsp3) is 0.188. The number of nitrogens with one attached hydrogen (secondary N) is 1. The van der Waals surface area contributed by atoms with Crippen LogP contribution in [0.3, 0.4) is 0 Å². The number of anilines is 1. The predicted molar refractivity (Wildman–Crippen MR) is 88.3 cm³/mol. The van der Waals surface area contributed by atoms with E-state index < -0.39 is 11.7 Å². The zero-order chi connectivity index (χ0) is 15.9. The van der Waals surface area contributed by atoms with Crippen LogP contribution in [0.25, 0.3) is 0 Å². The van der Waals surface area contributed by atoms with Crippen LogP contribution in [0.5, 0.6) is 0 Å². The van der Waals surface area contributed by atoms with Gasteiger partial charge in [0.05, 0.1) is 5.02 Å². The zero-order valence-corrected chi connectivity index (χ0v) is 13.5. The van der Waals surface area contributed by atoms with Gasteiger partial charge in [-0.15, -0.1) is 12.4 Å². The molecule has 0 heterocycles. The van der Waals surface area contributed by atoms with E-state index in [0.717, 1.165) is 0 Å². The molecule has 7 heteroatoms. The lowest BCUT2D eigenvalue weighted by atomic mass is 10.0. The van der Waals surface area contributed by atoms with Gasteiger partial charge in [0.1, 0.15) is 11.6 Å². The molecule has 3 N–H and O–H groups in total. The molecule has 0 aromatic heterocycles. The molecule has 2 aromatic carbocycles. The second-order valence-electron chi connectivity index (χ2n) is 5.22. The molecular formula is C16H14Cl2F2N2O. The molecule has 0 saturated heterocycles. The minimum atomic E-state index is -0.562. The number of benzene rings is 2. The Hall–Kier alpha value is -1.69. The maximum atomic E-state index is 13.8. The van der Waals surface area contributed by atoms with Gasteiger partial charge in [-0.2, -0.15) is 0 Å². The molecule has 2 aromatic rings. The summed E-state index contributed by atoms with van der Waals surface area (Å²) in [5.41, 5.74) is 7.67. The lowest BCUT2D eigenvalue weighted by molar-refractivity contribution is 0.102. The highest BCUT2D eigenvalue weighted by Crippen LogP contribution is 2.34. The van der Waals surface area contributed by atoms with E-state index in [4.69, 9.17) is 17.3 Å². The lowest BCUT2D eigenvalue weighted by Gasteiger charge is -2.12. The summed E-state index contributed by atoms with van der Waals surface area (Å²) < 4.78 is 27.0. The molecule has 1 aliphatic rings. The van der Waals surface area contributed by atoms with Gasteiger partial charge in [0.15, 0.2) is 0 Å². The smallest absolute Gasteiger partial charge is 0.255 e. The Morgan fingerprint density at radius 2 is 1.91 bits per heavy atom. The summed E-state index contributed by atoms with van der Waals surface area (Å²) >= 11 is 5.68. The third-order valence-corrected chi connectivity index (χ3v) is 4.09. The SMILES string of the molecule is Cl.NC1CCc2c(C(=O)Nc3ccc(F)c(Cl)c3)ccc(F)c21. The molecule has 3 rings (SSSR count). The molecule has 0 spiro atoms. The molecule has 3 nitrogen and oxygen atoms in total. The number of carbonyl (C=O) groups is 1. The number of fused-ring (bicyclic) bond motifs is 1. The third kappa shape index (κ3) is 3.32. The second-order valence-corrected chi connectivity index (χ2v) is 5.62. The molecule has 0 fully saturated rings. The summed E-state index contributed by atoms with van der Waals surface area (Å²) in [6.07, 6.45) is 1.17. The molecule has 0 saturated carbocycles. The Kier molecular flexibility index (Phi) is 5.24. The first kappa shape index (κ1) is 17.7. The van der Waals surface area contributed by atoms with Crippen LogP contribution in [0.15, 0.2) is 30.3 Å². The van der Waals surface area contributed by atoms with Crippen molar-refractivity contribution in [1.82, 2.24) is 0 Å². The fourth-order valence-electron chi connectivity index (χ4n) is 2.74. The van der Waals surface area contributed by atoms with Crippen molar-refractivity contribution in [2.24, 2.45) is 5.73 Å². The van der Waals surface area contributed by atoms with Crippen molar-refractivity contribution < 1.29 is 13.6 Å². The average Bonchev–Trinajstić information content (AvgIpc) is 2.86. The van der Waals surface area contributed by atoms with Crippen LogP contribution in [0, 0.1) is 11.6 Å². The largest absolute Gasteiger partial charge is 0.324 e. The maximum Gasteiger partial charge on any atom is 0.255 e. The monoisotopic (exact) mass is 358 g/mol. The number of rotatable bonds is 2. The van der Waals surface area contributed by atoms with Crippen LogP contribution in [0.1, 0.15) is 33.9 Å². The maximum absolute atomic E-state index is 13.8. The topological polar surface area (TPSA) is 55.1 Å². The van der Waals surface area contributed by atoms with Gasteiger partial charge in [-0.25, -0.2) is 8.78 Å². The molecular weight excluding hydrogens is 345 g/mol. The summed E-state index contributed by atoms with van der Waals surface area (Å²) in [6.45, 7) is 0. The van der Waals surface area contributed by atoms with Crippen LogP contribution >= 0.6 is 24.0 Å².